The van der Waals surface area contributed by atoms with Crippen LogP contribution in [0.25, 0.3) is 10.2 Å². The molecule has 1 amide bonds. The first kappa shape index (κ1) is 19.6. The van der Waals surface area contributed by atoms with Crippen LogP contribution in [0.3, 0.4) is 0 Å². The molecule has 3 heterocycles. The summed E-state index contributed by atoms with van der Waals surface area (Å²) < 4.78 is 12.2. The fourth-order valence-electron chi connectivity index (χ4n) is 2.82. The summed E-state index contributed by atoms with van der Waals surface area (Å²) in [6.07, 6.45) is 3.44. The van der Waals surface area contributed by atoms with Gasteiger partial charge in [-0.25, -0.2) is 4.98 Å². The minimum absolute atomic E-state index is 0.163. The van der Waals surface area contributed by atoms with Gasteiger partial charge in [0.05, 0.1) is 40.2 Å². The monoisotopic (exact) mass is 445 g/mol. The lowest BCUT2D eigenvalue weighted by atomic mass is 10.2. The molecule has 0 spiro atoms. The molecular weight excluding hydrogens is 430 g/mol. The van der Waals surface area contributed by atoms with Gasteiger partial charge in [0.1, 0.15) is 0 Å². The Balaban J connectivity index is 1.78. The molecule has 0 fully saturated rings. The molecule has 29 heavy (non-hydrogen) atoms. The lowest BCUT2D eigenvalue weighted by Crippen LogP contribution is -2.29. The Labute approximate surface area is 180 Å². The number of pyridine rings is 1. The van der Waals surface area contributed by atoms with Crippen LogP contribution in [0.5, 0.6) is 11.5 Å². The number of hydrogen-bond acceptors (Lipinski definition) is 7. The van der Waals surface area contributed by atoms with Crippen LogP contribution in [0.1, 0.15) is 15.2 Å². The summed E-state index contributed by atoms with van der Waals surface area (Å²) in [4.78, 5) is 24.3. The van der Waals surface area contributed by atoms with Gasteiger partial charge in [0, 0.05) is 24.5 Å². The van der Waals surface area contributed by atoms with Gasteiger partial charge < -0.3 is 9.47 Å². The first-order valence-electron chi connectivity index (χ1n) is 8.57. The molecule has 0 saturated carbocycles. The van der Waals surface area contributed by atoms with E-state index in [1.165, 1.54) is 22.7 Å². The molecule has 3 aromatic heterocycles. The van der Waals surface area contributed by atoms with E-state index in [1.807, 2.05) is 24.3 Å². The maximum atomic E-state index is 13.3. The van der Waals surface area contributed by atoms with E-state index in [2.05, 4.69) is 9.97 Å². The van der Waals surface area contributed by atoms with Gasteiger partial charge in [-0.15, -0.1) is 11.3 Å². The van der Waals surface area contributed by atoms with E-state index in [0.717, 1.165) is 15.8 Å². The molecule has 148 valence electrons. The number of anilines is 1. The van der Waals surface area contributed by atoms with Crippen LogP contribution in [-0.2, 0) is 6.54 Å². The maximum absolute atomic E-state index is 13.3. The summed E-state index contributed by atoms with van der Waals surface area (Å²) in [7, 11) is 3.17. The van der Waals surface area contributed by atoms with Crippen molar-refractivity contribution in [3.8, 4) is 11.5 Å². The van der Waals surface area contributed by atoms with Gasteiger partial charge in [-0.2, -0.15) is 0 Å². The van der Waals surface area contributed by atoms with Crippen LogP contribution in [0, 0.1) is 0 Å². The number of halogens is 1. The van der Waals surface area contributed by atoms with E-state index in [-0.39, 0.29) is 5.91 Å². The number of thiophene rings is 1. The van der Waals surface area contributed by atoms with Crippen molar-refractivity contribution >= 4 is 55.5 Å². The Kier molecular flexibility index (Phi) is 5.66. The molecule has 0 radical (unpaired) electrons. The highest BCUT2D eigenvalue weighted by Gasteiger charge is 2.24. The molecule has 4 rings (SSSR count). The predicted molar refractivity (Wildman–Crippen MR) is 117 cm³/mol. The van der Waals surface area contributed by atoms with Crippen molar-refractivity contribution in [3.05, 3.63) is 63.6 Å². The third-order valence-electron chi connectivity index (χ3n) is 4.21. The van der Waals surface area contributed by atoms with Crippen LogP contribution in [0.2, 0.25) is 4.34 Å². The second kappa shape index (κ2) is 8.36. The second-order valence-electron chi connectivity index (χ2n) is 6.03. The third kappa shape index (κ3) is 4.05. The highest BCUT2D eigenvalue weighted by molar-refractivity contribution is 7.22. The Morgan fingerprint density at radius 3 is 2.59 bits per heavy atom. The van der Waals surface area contributed by atoms with Gasteiger partial charge in [0.2, 0.25) is 0 Å². The molecule has 0 atom stereocenters. The Bertz CT molecular complexity index is 1120. The highest BCUT2D eigenvalue weighted by atomic mass is 35.5. The number of carbonyl (C=O) groups excluding carboxylic acids is 1. The molecule has 0 aliphatic heterocycles. The molecule has 0 aliphatic carbocycles. The number of carbonyl (C=O) groups is 1. The van der Waals surface area contributed by atoms with Crippen LogP contribution >= 0.6 is 34.3 Å². The number of ether oxygens (including phenoxy) is 2. The molecule has 1 aromatic carbocycles. The van der Waals surface area contributed by atoms with Crippen LogP contribution in [-0.4, -0.2) is 30.1 Å². The number of amides is 1. The van der Waals surface area contributed by atoms with Crippen molar-refractivity contribution in [2.75, 3.05) is 19.1 Å². The zero-order valence-electron chi connectivity index (χ0n) is 15.6. The summed E-state index contributed by atoms with van der Waals surface area (Å²) >= 11 is 8.70. The molecule has 0 unspecified atom stereocenters. The van der Waals surface area contributed by atoms with E-state index < -0.39 is 0 Å². The van der Waals surface area contributed by atoms with Gasteiger partial charge in [0.15, 0.2) is 16.6 Å². The lowest BCUT2D eigenvalue weighted by molar-refractivity contribution is 0.0989. The summed E-state index contributed by atoms with van der Waals surface area (Å²) in [5.41, 5.74) is 1.63. The van der Waals surface area contributed by atoms with Crippen LogP contribution in [0.15, 0.2) is 48.8 Å². The number of thiazole rings is 1. The number of methoxy groups -OCH3 is 2. The second-order valence-corrected chi connectivity index (χ2v) is 8.75. The topological polar surface area (TPSA) is 64.5 Å². The van der Waals surface area contributed by atoms with Crippen molar-refractivity contribution in [1.29, 1.82) is 0 Å². The Morgan fingerprint density at radius 1 is 1.14 bits per heavy atom. The van der Waals surface area contributed by atoms with E-state index in [4.69, 9.17) is 21.1 Å². The average Bonchev–Trinajstić information content (AvgIpc) is 3.36. The molecule has 4 aromatic rings. The summed E-state index contributed by atoms with van der Waals surface area (Å²) in [5, 5.41) is 0.577. The van der Waals surface area contributed by atoms with Crippen LogP contribution in [0.4, 0.5) is 5.13 Å². The molecule has 9 heteroatoms. The quantitative estimate of drug-likeness (QED) is 0.404. The van der Waals surface area contributed by atoms with Crippen molar-refractivity contribution in [2.45, 2.75) is 6.54 Å². The zero-order chi connectivity index (χ0) is 20.4. The Morgan fingerprint density at radius 2 is 1.93 bits per heavy atom. The SMILES string of the molecule is COc1cc2nc(N(Cc3cccnc3)C(=O)c3ccc(Cl)s3)sc2cc1OC. The van der Waals surface area contributed by atoms with Gasteiger partial charge in [-0.3, -0.25) is 14.7 Å². The zero-order valence-corrected chi connectivity index (χ0v) is 18.0. The number of nitrogens with zero attached hydrogens (tertiary/aromatic N) is 3. The first-order chi connectivity index (χ1) is 14.1. The predicted octanol–water partition coefficient (Wildman–Crippen LogP) is 5.27. The number of benzene rings is 1. The highest BCUT2D eigenvalue weighted by Crippen LogP contribution is 2.38. The lowest BCUT2D eigenvalue weighted by Gasteiger charge is -2.19. The minimum Gasteiger partial charge on any atom is -0.493 e. The minimum atomic E-state index is -0.163. The summed E-state index contributed by atoms with van der Waals surface area (Å²) in [6, 6.07) is 10.9. The fourth-order valence-corrected chi connectivity index (χ4v) is 4.79. The van der Waals surface area contributed by atoms with E-state index >= 15 is 0 Å². The smallest absolute Gasteiger partial charge is 0.270 e. The van der Waals surface area contributed by atoms with E-state index in [1.54, 1.807) is 43.6 Å². The van der Waals surface area contributed by atoms with Crippen LogP contribution < -0.4 is 14.4 Å². The number of hydrogen-bond donors (Lipinski definition) is 0. The number of rotatable bonds is 6. The molecular formula is C20H16ClN3O3S2. The summed E-state index contributed by atoms with van der Waals surface area (Å²) in [5.74, 6) is 1.04. The molecule has 0 N–H and O–H groups in total. The van der Waals surface area contributed by atoms with E-state index in [9.17, 15) is 4.79 Å². The van der Waals surface area contributed by atoms with E-state index in [0.29, 0.717) is 32.4 Å². The molecule has 0 bridgehead atoms. The summed E-state index contributed by atoms with van der Waals surface area (Å²) in [6.45, 7) is 0.344. The van der Waals surface area contributed by atoms with Gasteiger partial charge >= 0.3 is 0 Å². The third-order valence-corrected chi connectivity index (χ3v) is 6.47. The van der Waals surface area contributed by atoms with Crippen molar-refractivity contribution in [2.24, 2.45) is 0 Å². The standard InChI is InChI=1S/C20H16ClN3O3S2/c1-26-14-8-13-17(9-15(14)27-2)29-20(23-13)24(11-12-4-3-7-22-10-12)19(25)16-5-6-18(21)28-16/h3-10H,11H2,1-2H3. The maximum Gasteiger partial charge on any atom is 0.270 e. The number of fused-ring (bicyclic) bond motifs is 1. The average molecular weight is 446 g/mol. The largest absolute Gasteiger partial charge is 0.493 e. The Hall–Kier alpha value is -2.68. The van der Waals surface area contributed by atoms with Crippen molar-refractivity contribution in [3.63, 3.8) is 0 Å². The van der Waals surface area contributed by atoms with Gasteiger partial charge in [0.25, 0.3) is 5.91 Å². The van der Waals surface area contributed by atoms with Crippen molar-refractivity contribution in [1.82, 2.24) is 9.97 Å². The molecule has 0 aliphatic rings. The fraction of sp³-hybridized carbons (Fsp3) is 0.150. The van der Waals surface area contributed by atoms with Gasteiger partial charge in [-0.05, 0) is 23.8 Å². The molecule has 0 saturated heterocycles. The first-order valence-corrected chi connectivity index (χ1v) is 10.6. The normalized spacial score (nSPS) is 10.9. The van der Waals surface area contributed by atoms with Gasteiger partial charge in [-0.1, -0.05) is 29.0 Å². The van der Waals surface area contributed by atoms with Crippen molar-refractivity contribution < 1.29 is 14.3 Å². The molecule has 6 nitrogen and oxygen atoms in total. The number of aromatic nitrogens is 2.